The SMILES string of the molecule is CCOC(=O)c1nc2ccc(Cl)n2c(=O)[nH]1. The predicted molar refractivity (Wildman–Crippen MR) is 56.8 cm³/mol. The maximum Gasteiger partial charge on any atom is 0.374 e. The number of aromatic nitrogens is 3. The Bertz CT molecular complexity index is 602. The van der Waals surface area contributed by atoms with Gasteiger partial charge in [-0.25, -0.2) is 19.0 Å². The van der Waals surface area contributed by atoms with E-state index in [4.69, 9.17) is 16.3 Å². The van der Waals surface area contributed by atoms with E-state index in [9.17, 15) is 9.59 Å². The number of fused-ring (bicyclic) bond motifs is 1. The van der Waals surface area contributed by atoms with Gasteiger partial charge in [-0.05, 0) is 19.1 Å². The molecule has 0 bridgehead atoms. The zero-order valence-electron chi connectivity index (χ0n) is 8.36. The highest BCUT2D eigenvalue weighted by molar-refractivity contribution is 6.29. The molecule has 0 aliphatic heterocycles. The molecular weight excluding hydrogens is 234 g/mol. The first-order valence-electron chi connectivity index (χ1n) is 4.58. The molecule has 1 N–H and O–H groups in total. The monoisotopic (exact) mass is 241 g/mol. The van der Waals surface area contributed by atoms with Gasteiger partial charge in [-0.2, -0.15) is 0 Å². The van der Waals surface area contributed by atoms with Crippen molar-refractivity contribution in [3.05, 3.63) is 33.6 Å². The Labute approximate surface area is 94.8 Å². The van der Waals surface area contributed by atoms with Crippen LogP contribution in [0.25, 0.3) is 5.65 Å². The fourth-order valence-electron chi connectivity index (χ4n) is 1.29. The van der Waals surface area contributed by atoms with E-state index in [-0.39, 0.29) is 17.6 Å². The van der Waals surface area contributed by atoms with E-state index in [1.54, 1.807) is 13.0 Å². The molecule has 0 radical (unpaired) electrons. The zero-order chi connectivity index (χ0) is 11.7. The summed E-state index contributed by atoms with van der Waals surface area (Å²) in [4.78, 5) is 29.1. The van der Waals surface area contributed by atoms with Crippen molar-refractivity contribution in [1.82, 2.24) is 14.4 Å². The minimum atomic E-state index is -0.667. The van der Waals surface area contributed by atoms with E-state index in [1.165, 1.54) is 6.07 Å². The molecule has 84 valence electrons. The lowest BCUT2D eigenvalue weighted by Gasteiger charge is -2.01. The van der Waals surface area contributed by atoms with Crippen molar-refractivity contribution in [3.8, 4) is 0 Å². The quantitative estimate of drug-likeness (QED) is 0.791. The molecule has 2 aromatic heterocycles. The molecule has 2 aromatic rings. The first-order valence-corrected chi connectivity index (χ1v) is 4.95. The molecule has 7 heteroatoms. The molecule has 0 spiro atoms. The molecule has 2 heterocycles. The van der Waals surface area contributed by atoms with Gasteiger partial charge in [-0.1, -0.05) is 11.6 Å². The predicted octanol–water partition coefficient (Wildman–Crippen LogP) is 0.853. The van der Waals surface area contributed by atoms with Crippen LogP contribution in [0.1, 0.15) is 17.5 Å². The summed E-state index contributed by atoms with van der Waals surface area (Å²) < 4.78 is 5.88. The van der Waals surface area contributed by atoms with Crippen LogP contribution in [0.2, 0.25) is 5.15 Å². The summed E-state index contributed by atoms with van der Waals surface area (Å²) in [5.74, 6) is -0.798. The van der Waals surface area contributed by atoms with E-state index in [1.807, 2.05) is 0 Å². The maximum atomic E-state index is 11.6. The summed E-state index contributed by atoms with van der Waals surface area (Å²) in [5.41, 5.74) is -0.222. The van der Waals surface area contributed by atoms with Gasteiger partial charge >= 0.3 is 11.7 Å². The van der Waals surface area contributed by atoms with Gasteiger partial charge in [-0.15, -0.1) is 0 Å². The molecule has 0 amide bonds. The number of rotatable bonds is 2. The Kier molecular flexibility index (Phi) is 2.66. The van der Waals surface area contributed by atoms with E-state index in [2.05, 4.69) is 9.97 Å². The Morgan fingerprint density at radius 2 is 2.38 bits per heavy atom. The summed E-state index contributed by atoms with van der Waals surface area (Å²) >= 11 is 5.76. The molecular formula is C9H8ClN3O3. The number of nitrogens with zero attached hydrogens (tertiary/aromatic N) is 2. The van der Waals surface area contributed by atoms with Crippen LogP contribution in [0.15, 0.2) is 16.9 Å². The molecule has 0 atom stereocenters. The van der Waals surface area contributed by atoms with Crippen LogP contribution in [0.5, 0.6) is 0 Å². The molecule has 0 aliphatic rings. The van der Waals surface area contributed by atoms with Crippen LogP contribution >= 0.6 is 11.6 Å². The lowest BCUT2D eigenvalue weighted by Crippen LogP contribution is -2.23. The van der Waals surface area contributed by atoms with Crippen molar-refractivity contribution in [2.24, 2.45) is 0 Å². The van der Waals surface area contributed by atoms with Crippen LogP contribution in [0.3, 0.4) is 0 Å². The van der Waals surface area contributed by atoms with E-state index in [0.717, 1.165) is 4.40 Å². The fourth-order valence-corrected chi connectivity index (χ4v) is 1.51. The van der Waals surface area contributed by atoms with Gasteiger partial charge in [-0.3, -0.25) is 4.98 Å². The average Bonchev–Trinajstić information content (AvgIpc) is 2.61. The second-order valence-corrected chi connectivity index (χ2v) is 3.35. The van der Waals surface area contributed by atoms with E-state index < -0.39 is 11.7 Å². The fraction of sp³-hybridized carbons (Fsp3) is 0.222. The van der Waals surface area contributed by atoms with Crippen molar-refractivity contribution in [2.45, 2.75) is 6.92 Å². The van der Waals surface area contributed by atoms with Crippen LogP contribution in [-0.4, -0.2) is 26.9 Å². The highest BCUT2D eigenvalue weighted by Gasteiger charge is 2.13. The first-order chi connectivity index (χ1) is 7.63. The molecule has 16 heavy (non-hydrogen) atoms. The lowest BCUT2D eigenvalue weighted by molar-refractivity contribution is 0.0511. The molecule has 6 nitrogen and oxygen atoms in total. The highest BCUT2D eigenvalue weighted by atomic mass is 35.5. The third-order valence-electron chi connectivity index (χ3n) is 1.94. The third-order valence-corrected chi connectivity index (χ3v) is 2.23. The van der Waals surface area contributed by atoms with Crippen molar-refractivity contribution >= 4 is 23.2 Å². The smallest absolute Gasteiger partial charge is 0.374 e. The van der Waals surface area contributed by atoms with Gasteiger partial charge in [0.05, 0.1) is 6.61 Å². The molecule has 0 saturated heterocycles. The largest absolute Gasteiger partial charge is 0.460 e. The summed E-state index contributed by atoms with van der Waals surface area (Å²) in [5, 5.41) is 0.235. The molecule has 0 fully saturated rings. The van der Waals surface area contributed by atoms with Gasteiger partial charge in [0.1, 0.15) is 10.8 Å². The third kappa shape index (κ3) is 1.67. The number of nitrogens with one attached hydrogen (secondary N) is 1. The van der Waals surface area contributed by atoms with Crippen LogP contribution in [0.4, 0.5) is 0 Å². The topological polar surface area (TPSA) is 76.5 Å². The highest BCUT2D eigenvalue weighted by Crippen LogP contribution is 2.10. The summed E-state index contributed by atoms with van der Waals surface area (Å²) in [6.45, 7) is 1.89. The Balaban J connectivity index is 2.59. The van der Waals surface area contributed by atoms with Crippen molar-refractivity contribution in [1.29, 1.82) is 0 Å². The molecule has 0 aromatic carbocycles. The van der Waals surface area contributed by atoms with E-state index in [0.29, 0.717) is 5.65 Å². The van der Waals surface area contributed by atoms with Crippen LogP contribution < -0.4 is 5.69 Å². The molecule has 0 unspecified atom stereocenters. The minimum absolute atomic E-state index is 0.130. The van der Waals surface area contributed by atoms with Gasteiger partial charge in [0.25, 0.3) is 0 Å². The number of esters is 1. The lowest BCUT2D eigenvalue weighted by atomic mass is 10.6. The number of hydrogen-bond acceptors (Lipinski definition) is 4. The molecule has 0 saturated carbocycles. The number of carbonyl (C=O) groups excluding carboxylic acids is 1. The number of hydrogen-bond donors (Lipinski definition) is 1. The number of H-pyrrole nitrogens is 1. The second kappa shape index (κ2) is 3.97. The number of halogens is 1. The number of aromatic amines is 1. The van der Waals surface area contributed by atoms with Gasteiger partial charge < -0.3 is 4.74 Å². The normalized spacial score (nSPS) is 10.6. The zero-order valence-corrected chi connectivity index (χ0v) is 9.11. The Hall–Kier alpha value is -1.82. The van der Waals surface area contributed by atoms with Crippen molar-refractivity contribution in [2.75, 3.05) is 6.61 Å². The van der Waals surface area contributed by atoms with E-state index >= 15 is 0 Å². The molecule has 0 aliphatic carbocycles. The first kappa shape index (κ1) is 10.7. The Morgan fingerprint density at radius 3 is 3.06 bits per heavy atom. The minimum Gasteiger partial charge on any atom is -0.460 e. The van der Waals surface area contributed by atoms with Crippen molar-refractivity contribution < 1.29 is 9.53 Å². The van der Waals surface area contributed by atoms with Crippen LogP contribution in [-0.2, 0) is 4.74 Å². The number of ether oxygens (including phenoxy) is 1. The van der Waals surface area contributed by atoms with Crippen molar-refractivity contribution in [3.63, 3.8) is 0 Å². The van der Waals surface area contributed by atoms with Gasteiger partial charge in [0.2, 0.25) is 5.82 Å². The number of carbonyl (C=O) groups is 1. The van der Waals surface area contributed by atoms with Gasteiger partial charge in [0, 0.05) is 0 Å². The van der Waals surface area contributed by atoms with Crippen LogP contribution in [0, 0.1) is 0 Å². The summed E-state index contributed by atoms with van der Waals surface area (Å²) in [7, 11) is 0. The molecule has 2 rings (SSSR count). The standard InChI is InChI=1S/C9H8ClN3O3/c1-2-16-8(14)7-11-6-4-3-5(10)13(6)9(15)12-7/h3-4H,2H2,1H3,(H,11,12,15). The maximum absolute atomic E-state index is 11.6. The average molecular weight is 242 g/mol. The van der Waals surface area contributed by atoms with Gasteiger partial charge in [0.15, 0.2) is 0 Å². The summed E-state index contributed by atoms with van der Waals surface area (Å²) in [6, 6.07) is 3.06. The second-order valence-electron chi connectivity index (χ2n) is 2.96. The Morgan fingerprint density at radius 1 is 1.62 bits per heavy atom. The summed E-state index contributed by atoms with van der Waals surface area (Å²) in [6.07, 6.45) is 0.